The number of likely N-dealkylation sites (N-methyl/N-ethyl adjacent to an activating group) is 2. The molecule has 0 atom stereocenters. The number of alkyl halides is 1. The quantitative estimate of drug-likeness (QED) is 0.126. The van der Waals surface area contributed by atoms with E-state index < -0.39 is 6.09 Å². The molecule has 232 valence electrons. The van der Waals surface area contributed by atoms with Crippen molar-refractivity contribution >= 4 is 47.3 Å². The molecular formula is C33H43ClN4O5. The summed E-state index contributed by atoms with van der Waals surface area (Å²) in [5.41, 5.74) is 3.26. The number of nitrogens with zero attached hydrogens (tertiary/aromatic N) is 3. The fourth-order valence-corrected chi connectivity index (χ4v) is 4.33. The number of amidine groups is 1. The summed E-state index contributed by atoms with van der Waals surface area (Å²) in [5.74, 6) is 1.17. The van der Waals surface area contributed by atoms with E-state index in [0.717, 1.165) is 55.0 Å². The number of carbonyl (C=O) groups excluding carboxylic acids is 2. The van der Waals surface area contributed by atoms with Crippen LogP contribution in [0.5, 0.6) is 0 Å². The Labute approximate surface area is 260 Å². The van der Waals surface area contributed by atoms with Crippen LogP contribution in [-0.4, -0.2) is 88.8 Å². The summed E-state index contributed by atoms with van der Waals surface area (Å²) < 4.78 is 16.3. The van der Waals surface area contributed by atoms with E-state index in [2.05, 4.69) is 10.3 Å². The lowest BCUT2D eigenvalue weighted by Gasteiger charge is -2.19. The van der Waals surface area contributed by atoms with Crippen molar-refractivity contribution in [1.82, 2.24) is 10.2 Å². The Bertz CT molecular complexity index is 1220. The largest absolute Gasteiger partial charge is 0.448 e. The van der Waals surface area contributed by atoms with Crippen LogP contribution in [0.1, 0.15) is 36.8 Å². The molecule has 9 nitrogen and oxygen atoms in total. The second-order valence-electron chi connectivity index (χ2n) is 10.0. The number of halogens is 1. The van der Waals surface area contributed by atoms with E-state index in [-0.39, 0.29) is 12.5 Å². The molecule has 0 spiro atoms. The van der Waals surface area contributed by atoms with Gasteiger partial charge in [0.25, 0.3) is 5.91 Å². The minimum atomic E-state index is -0.475. The summed E-state index contributed by atoms with van der Waals surface area (Å²) in [5, 5.41) is 2.69. The van der Waals surface area contributed by atoms with Crippen LogP contribution >= 0.6 is 11.6 Å². The van der Waals surface area contributed by atoms with Gasteiger partial charge in [0.05, 0.1) is 26.4 Å². The first-order valence-corrected chi connectivity index (χ1v) is 15.3. The van der Waals surface area contributed by atoms with Crippen LogP contribution in [0.2, 0.25) is 0 Å². The molecule has 0 bridgehead atoms. The highest BCUT2D eigenvalue weighted by atomic mass is 35.5. The molecule has 0 radical (unpaired) electrons. The summed E-state index contributed by atoms with van der Waals surface area (Å²) in [6, 6.07) is 17.7. The molecule has 2 amide bonds. The maximum Gasteiger partial charge on any atom is 0.407 e. The van der Waals surface area contributed by atoms with E-state index in [1.165, 1.54) is 0 Å². The molecule has 1 heterocycles. The van der Waals surface area contributed by atoms with E-state index in [1.807, 2.05) is 78.7 Å². The minimum absolute atomic E-state index is 0.148. The number of hydrogen-bond donors (Lipinski definition) is 1. The third-order valence-electron chi connectivity index (χ3n) is 6.68. The van der Waals surface area contributed by atoms with Crippen molar-refractivity contribution in [3.8, 4) is 0 Å². The molecule has 0 unspecified atom stereocenters. The molecular weight excluding hydrogens is 568 g/mol. The third-order valence-corrected chi connectivity index (χ3v) is 6.95. The number of unbranched alkanes of at least 4 members (excludes halogenated alkanes) is 3. The van der Waals surface area contributed by atoms with Gasteiger partial charge in [0, 0.05) is 38.8 Å². The second kappa shape index (κ2) is 19.5. The van der Waals surface area contributed by atoms with E-state index in [1.54, 1.807) is 18.0 Å². The van der Waals surface area contributed by atoms with Gasteiger partial charge in [0.1, 0.15) is 18.1 Å². The van der Waals surface area contributed by atoms with Crippen LogP contribution in [0.15, 0.2) is 71.4 Å². The second-order valence-corrected chi connectivity index (χ2v) is 10.4. The molecule has 0 saturated heterocycles. The Hall–Kier alpha value is -3.66. The standard InChI is InChI=1S/C33H43ClN4O5/c1-37(20-23-43-33(40)35-19-22-42-25-24-41-21-9-4-3-8-18-34)29-15-12-28(13-16-29)26-30-32(39)38(2)31(36-30)17-14-27-10-6-5-7-11-27/h5-7,10-17,26H,3-4,8-9,18-25H2,1-2H3,(H,35,40)/b17-14+,30-26-. The maximum atomic E-state index is 12.7. The molecule has 0 aliphatic carbocycles. The lowest BCUT2D eigenvalue weighted by atomic mass is 10.1. The Morgan fingerprint density at radius 1 is 0.907 bits per heavy atom. The molecule has 2 aromatic rings. The summed E-state index contributed by atoms with van der Waals surface area (Å²) in [4.78, 5) is 32.7. The highest BCUT2D eigenvalue weighted by Gasteiger charge is 2.25. The van der Waals surface area contributed by atoms with E-state index in [9.17, 15) is 9.59 Å². The predicted octanol–water partition coefficient (Wildman–Crippen LogP) is 5.61. The third kappa shape index (κ3) is 12.6. The molecule has 1 N–H and O–H groups in total. The number of aliphatic imine (C=N–C) groups is 1. The van der Waals surface area contributed by atoms with Gasteiger partial charge in [-0.15, -0.1) is 11.6 Å². The molecule has 0 saturated carbocycles. The van der Waals surface area contributed by atoms with Gasteiger partial charge in [-0.3, -0.25) is 9.69 Å². The van der Waals surface area contributed by atoms with Crippen LogP contribution < -0.4 is 10.2 Å². The molecule has 1 aliphatic heterocycles. The van der Waals surface area contributed by atoms with Gasteiger partial charge in [-0.2, -0.15) is 0 Å². The summed E-state index contributed by atoms with van der Waals surface area (Å²) in [6.07, 6.45) is 9.44. The number of alkyl carbamates (subject to hydrolysis) is 1. The maximum absolute atomic E-state index is 12.7. The average Bonchev–Trinajstić information content (AvgIpc) is 3.29. The van der Waals surface area contributed by atoms with Crippen molar-refractivity contribution in [2.75, 3.05) is 71.0 Å². The first kappa shape index (κ1) is 33.8. The van der Waals surface area contributed by atoms with Gasteiger partial charge in [-0.05, 0) is 48.3 Å². The van der Waals surface area contributed by atoms with Crippen LogP contribution in [0.25, 0.3) is 12.2 Å². The van der Waals surface area contributed by atoms with E-state index in [0.29, 0.717) is 44.4 Å². The van der Waals surface area contributed by atoms with Crippen molar-refractivity contribution in [3.63, 3.8) is 0 Å². The first-order chi connectivity index (χ1) is 21.0. The van der Waals surface area contributed by atoms with Gasteiger partial charge in [-0.25, -0.2) is 9.79 Å². The van der Waals surface area contributed by atoms with Gasteiger partial charge in [0.15, 0.2) is 0 Å². The highest BCUT2D eigenvalue weighted by Crippen LogP contribution is 2.20. The number of benzene rings is 2. The lowest BCUT2D eigenvalue weighted by molar-refractivity contribution is -0.121. The number of anilines is 1. The van der Waals surface area contributed by atoms with Crippen LogP contribution in [-0.2, 0) is 19.0 Å². The minimum Gasteiger partial charge on any atom is -0.448 e. The molecule has 1 aliphatic rings. The van der Waals surface area contributed by atoms with Crippen LogP contribution in [0, 0.1) is 0 Å². The van der Waals surface area contributed by atoms with Gasteiger partial charge >= 0.3 is 6.09 Å². The topological polar surface area (TPSA) is 92.7 Å². The van der Waals surface area contributed by atoms with Gasteiger partial charge in [-0.1, -0.05) is 61.4 Å². The van der Waals surface area contributed by atoms with E-state index in [4.69, 9.17) is 25.8 Å². The summed E-state index contributed by atoms with van der Waals surface area (Å²) in [6.45, 7) is 3.30. The highest BCUT2D eigenvalue weighted by molar-refractivity contribution is 6.18. The number of rotatable bonds is 19. The fraction of sp³-hybridized carbons (Fsp3) is 0.424. The van der Waals surface area contributed by atoms with Crippen molar-refractivity contribution in [2.24, 2.45) is 4.99 Å². The first-order valence-electron chi connectivity index (χ1n) is 14.7. The normalized spacial score (nSPS) is 14.0. The molecule has 3 rings (SSSR count). The van der Waals surface area contributed by atoms with Crippen LogP contribution in [0.4, 0.5) is 10.5 Å². The Morgan fingerprint density at radius 3 is 2.37 bits per heavy atom. The predicted molar refractivity (Wildman–Crippen MR) is 174 cm³/mol. The molecule has 2 aromatic carbocycles. The van der Waals surface area contributed by atoms with Gasteiger partial charge < -0.3 is 24.4 Å². The molecule has 0 fully saturated rings. The monoisotopic (exact) mass is 610 g/mol. The van der Waals surface area contributed by atoms with Crippen molar-refractivity contribution in [2.45, 2.75) is 25.7 Å². The Kier molecular flexibility index (Phi) is 15.4. The Morgan fingerprint density at radius 2 is 1.63 bits per heavy atom. The van der Waals surface area contributed by atoms with Crippen molar-refractivity contribution < 1.29 is 23.8 Å². The molecule has 10 heteroatoms. The fourth-order valence-electron chi connectivity index (χ4n) is 4.14. The average molecular weight is 611 g/mol. The van der Waals surface area contributed by atoms with E-state index >= 15 is 0 Å². The SMILES string of the molecule is CN1C(=O)/C(=C/c2ccc(N(C)CCOC(=O)NCCOCCOCCCCCCCl)cc2)N=C1/C=C/c1ccccc1. The van der Waals surface area contributed by atoms with Gasteiger partial charge in [0.2, 0.25) is 0 Å². The van der Waals surface area contributed by atoms with Crippen molar-refractivity contribution in [3.05, 3.63) is 77.5 Å². The van der Waals surface area contributed by atoms with Crippen LogP contribution in [0.3, 0.4) is 0 Å². The zero-order valence-electron chi connectivity index (χ0n) is 25.2. The number of nitrogens with one attached hydrogen (secondary N) is 1. The lowest BCUT2D eigenvalue weighted by Crippen LogP contribution is -2.31. The summed E-state index contributed by atoms with van der Waals surface area (Å²) >= 11 is 5.66. The number of carbonyl (C=O) groups is 2. The summed E-state index contributed by atoms with van der Waals surface area (Å²) in [7, 11) is 3.65. The zero-order valence-corrected chi connectivity index (χ0v) is 25.9. The molecule has 0 aromatic heterocycles. The number of amides is 2. The smallest absolute Gasteiger partial charge is 0.407 e. The Balaban J connectivity index is 1.31. The van der Waals surface area contributed by atoms with Crippen molar-refractivity contribution in [1.29, 1.82) is 0 Å². The number of ether oxygens (including phenoxy) is 3. The zero-order chi connectivity index (χ0) is 30.7. The number of hydrogen-bond acceptors (Lipinski definition) is 7. The molecule has 43 heavy (non-hydrogen) atoms.